The maximum atomic E-state index is 9.37. The molecule has 1 rings (SSSR count). The largest absolute Gasteiger partial charge is 0.497 e. The van der Waals surface area contributed by atoms with Gasteiger partial charge in [0.05, 0.1) is 12.7 Å². The van der Waals surface area contributed by atoms with E-state index in [0.29, 0.717) is 0 Å². The first kappa shape index (κ1) is 18.1. The van der Waals surface area contributed by atoms with Gasteiger partial charge in [-0.25, -0.2) is 0 Å². The number of rotatable bonds is 5. The van der Waals surface area contributed by atoms with Gasteiger partial charge in [0.1, 0.15) is 41.3 Å². The van der Waals surface area contributed by atoms with Crippen molar-refractivity contribution in [3.05, 3.63) is 65.1 Å². The molecule has 0 saturated heterocycles. The normalized spacial score (nSPS) is 10.4. The monoisotopic (exact) mass is 315 g/mol. The maximum absolute atomic E-state index is 9.37. The molecule has 0 aliphatic heterocycles. The van der Waals surface area contributed by atoms with Gasteiger partial charge in [-0.3, -0.25) is 0 Å². The van der Waals surface area contributed by atoms with Gasteiger partial charge in [-0.1, -0.05) is 18.2 Å². The van der Waals surface area contributed by atoms with E-state index in [2.05, 4.69) is 6.07 Å². The van der Waals surface area contributed by atoms with Crippen LogP contribution in [0.5, 0.6) is 0 Å². The summed E-state index contributed by atoms with van der Waals surface area (Å²) >= 11 is 0. The van der Waals surface area contributed by atoms with Crippen molar-refractivity contribution >= 4 is 5.69 Å². The fraction of sp³-hybridized carbons (Fsp3) is 0.111. The highest BCUT2D eigenvalue weighted by molar-refractivity contribution is 5.57. The molecule has 1 aromatic rings. The van der Waals surface area contributed by atoms with E-state index in [1.807, 2.05) is 30.3 Å². The van der Waals surface area contributed by atoms with Crippen LogP contribution in [0.4, 0.5) is 5.69 Å². The van der Waals surface area contributed by atoms with E-state index in [4.69, 9.17) is 20.5 Å². The van der Waals surface area contributed by atoms with E-state index in [1.165, 1.54) is 19.3 Å². The van der Waals surface area contributed by atoms with E-state index < -0.39 is 0 Å². The average Bonchev–Trinajstić information content (AvgIpc) is 2.64. The van der Waals surface area contributed by atoms with Crippen LogP contribution in [0.25, 0.3) is 0 Å². The number of nitriles is 4. The molecular weight excluding hydrogens is 302 g/mol. The molecule has 24 heavy (non-hydrogen) atoms. The van der Waals surface area contributed by atoms with Crippen LogP contribution >= 0.6 is 0 Å². The number of ether oxygens (including phenoxy) is 1. The molecule has 116 valence electrons. The SMILES string of the molecule is COC(=C\C(C#N)=C(C#N)C#N)/C=C(\C#N)N(C)c1ccccc1. The zero-order chi connectivity index (χ0) is 17.9. The second kappa shape index (κ2) is 9.11. The van der Waals surface area contributed by atoms with E-state index in [9.17, 15) is 5.26 Å². The fourth-order valence-electron chi connectivity index (χ4n) is 1.74. The Balaban J connectivity index is 3.32. The Morgan fingerprint density at radius 2 is 1.58 bits per heavy atom. The Hall–Kier alpha value is -4.00. The van der Waals surface area contributed by atoms with E-state index in [1.54, 1.807) is 30.2 Å². The molecule has 0 amide bonds. The molecule has 0 N–H and O–H groups in total. The standard InChI is InChI=1S/C18H13N5O/c1-23(16-6-4-3-5-7-16)17(13-22)9-18(24-2)8-14(10-19)15(11-20)12-21/h3-9H,1-2H3/b17-9+,18-8-. The van der Waals surface area contributed by atoms with Crippen molar-refractivity contribution in [2.75, 3.05) is 19.1 Å². The number of hydrogen-bond acceptors (Lipinski definition) is 6. The van der Waals surface area contributed by atoms with Crippen LogP contribution in [0.15, 0.2) is 65.1 Å². The van der Waals surface area contributed by atoms with Gasteiger partial charge in [0, 0.05) is 24.9 Å². The minimum Gasteiger partial charge on any atom is -0.497 e. The second-order valence-corrected chi connectivity index (χ2v) is 4.41. The van der Waals surface area contributed by atoms with Crippen molar-refractivity contribution in [2.24, 2.45) is 0 Å². The summed E-state index contributed by atoms with van der Waals surface area (Å²) in [5.74, 6) is 0.175. The van der Waals surface area contributed by atoms with Gasteiger partial charge >= 0.3 is 0 Å². The summed E-state index contributed by atoms with van der Waals surface area (Å²) in [5.41, 5.74) is 0.608. The third-order valence-corrected chi connectivity index (χ3v) is 3.03. The molecule has 0 unspecified atom stereocenters. The Morgan fingerprint density at radius 3 is 2.04 bits per heavy atom. The fourth-order valence-corrected chi connectivity index (χ4v) is 1.74. The second-order valence-electron chi connectivity index (χ2n) is 4.41. The zero-order valence-electron chi connectivity index (χ0n) is 13.2. The molecule has 0 atom stereocenters. The number of methoxy groups -OCH3 is 1. The summed E-state index contributed by atoms with van der Waals surface area (Å²) in [6, 6.07) is 16.3. The minimum absolute atomic E-state index is 0.132. The molecule has 0 aliphatic rings. The van der Waals surface area contributed by atoms with Crippen molar-refractivity contribution < 1.29 is 4.74 Å². The first-order valence-corrected chi connectivity index (χ1v) is 6.72. The van der Waals surface area contributed by atoms with E-state index in [-0.39, 0.29) is 22.6 Å². The smallest absolute Gasteiger partial charge is 0.147 e. The van der Waals surface area contributed by atoms with Crippen molar-refractivity contribution in [1.82, 2.24) is 0 Å². The third-order valence-electron chi connectivity index (χ3n) is 3.03. The van der Waals surface area contributed by atoms with Gasteiger partial charge in [-0.2, -0.15) is 21.0 Å². The lowest BCUT2D eigenvalue weighted by atomic mass is 10.1. The Labute approximate surface area is 140 Å². The number of hydrogen-bond donors (Lipinski definition) is 0. The number of anilines is 1. The van der Waals surface area contributed by atoms with E-state index in [0.717, 1.165) is 5.69 Å². The van der Waals surface area contributed by atoms with Crippen LogP contribution in [0.1, 0.15) is 0 Å². The average molecular weight is 315 g/mol. The molecular formula is C18H13N5O. The molecule has 0 fully saturated rings. The minimum atomic E-state index is -0.324. The van der Waals surface area contributed by atoms with Gasteiger partial charge in [0.2, 0.25) is 0 Å². The van der Waals surface area contributed by atoms with Crippen molar-refractivity contribution in [2.45, 2.75) is 0 Å². The first-order chi connectivity index (χ1) is 11.6. The third kappa shape index (κ3) is 4.50. The van der Waals surface area contributed by atoms with Crippen LogP contribution in [-0.4, -0.2) is 14.2 Å². The van der Waals surface area contributed by atoms with Crippen LogP contribution in [-0.2, 0) is 4.74 Å². The Morgan fingerprint density at radius 1 is 0.958 bits per heavy atom. The van der Waals surface area contributed by atoms with E-state index >= 15 is 0 Å². The van der Waals surface area contributed by atoms with Crippen LogP contribution < -0.4 is 4.90 Å². The lowest BCUT2D eigenvalue weighted by Crippen LogP contribution is -2.15. The summed E-state index contributed by atoms with van der Waals surface area (Å²) in [5, 5.41) is 36.1. The molecule has 6 heteroatoms. The predicted molar refractivity (Wildman–Crippen MR) is 87.5 cm³/mol. The topological polar surface area (TPSA) is 108 Å². The maximum Gasteiger partial charge on any atom is 0.147 e. The molecule has 0 spiro atoms. The van der Waals surface area contributed by atoms with Crippen molar-refractivity contribution in [3.8, 4) is 24.3 Å². The summed E-state index contributed by atoms with van der Waals surface area (Å²) in [6.07, 6.45) is 2.68. The lowest BCUT2D eigenvalue weighted by Gasteiger charge is -2.18. The molecule has 0 aromatic heterocycles. The summed E-state index contributed by atoms with van der Waals surface area (Å²) in [7, 11) is 3.09. The van der Waals surface area contributed by atoms with Crippen molar-refractivity contribution in [1.29, 1.82) is 21.0 Å². The highest BCUT2D eigenvalue weighted by Gasteiger charge is 2.09. The molecule has 0 aliphatic carbocycles. The highest BCUT2D eigenvalue weighted by atomic mass is 16.5. The quantitative estimate of drug-likeness (QED) is 0.469. The lowest BCUT2D eigenvalue weighted by molar-refractivity contribution is 0.306. The molecule has 0 saturated carbocycles. The molecule has 0 heterocycles. The zero-order valence-corrected chi connectivity index (χ0v) is 13.2. The number of allylic oxidation sites excluding steroid dienone is 5. The van der Waals surface area contributed by atoms with Gasteiger partial charge < -0.3 is 9.64 Å². The highest BCUT2D eigenvalue weighted by Crippen LogP contribution is 2.18. The van der Waals surface area contributed by atoms with Gasteiger partial charge in [-0.05, 0) is 12.1 Å². The summed E-state index contributed by atoms with van der Waals surface area (Å²) < 4.78 is 5.14. The number of para-hydroxylation sites is 1. The number of benzene rings is 1. The Bertz CT molecular complexity index is 836. The van der Waals surface area contributed by atoms with Gasteiger partial charge in [0.15, 0.2) is 0 Å². The van der Waals surface area contributed by atoms with Gasteiger partial charge in [-0.15, -0.1) is 0 Å². The first-order valence-electron chi connectivity index (χ1n) is 6.72. The molecule has 1 aromatic carbocycles. The molecule has 6 nitrogen and oxygen atoms in total. The number of nitrogens with zero attached hydrogens (tertiary/aromatic N) is 5. The van der Waals surface area contributed by atoms with Gasteiger partial charge in [0.25, 0.3) is 0 Å². The van der Waals surface area contributed by atoms with Crippen molar-refractivity contribution in [3.63, 3.8) is 0 Å². The predicted octanol–water partition coefficient (Wildman–Crippen LogP) is 2.93. The summed E-state index contributed by atoms with van der Waals surface area (Å²) in [4.78, 5) is 1.65. The summed E-state index contributed by atoms with van der Waals surface area (Å²) in [6.45, 7) is 0. The molecule has 0 radical (unpaired) electrons. The van der Waals surface area contributed by atoms with Crippen LogP contribution in [0, 0.1) is 45.3 Å². The van der Waals surface area contributed by atoms with Crippen LogP contribution in [0.3, 0.4) is 0 Å². The van der Waals surface area contributed by atoms with Crippen LogP contribution in [0.2, 0.25) is 0 Å². The Kier molecular flexibility index (Phi) is 6.85. The molecule has 0 bridgehead atoms.